The number of halogens is 2. The number of pyridine rings is 1. The van der Waals surface area contributed by atoms with Crippen LogP contribution in [0.2, 0.25) is 0 Å². The molecule has 0 spiro atoms. The second-order valence-electron chi connectivity index (χ2n) is 3.72. The third-order valence-electron chi connectivity index (χ3n) is 2.45. The zero-order chi connectivity index (χ0) is 13.0. The van der Waals surface area contributed by atoms with Crippen molar-refractivity contribution < 1.29 is 5.11 Å². The fourth-order valence-corrected chi connectivity index (χ4v) is 3.49. The Morgan fingerprint density at radius 2 is 2.28 bits per heavy atom. The molecule has 0 amide bonds. The smallest absolute Gasteiger partial charge is 0.0744 e. The Labute approximate surface area is 127 Å². The van der Waals surface area contributed by atoms with E-state index in [1.807, 2.05) is 17.5 Å². The summed E-state index contributed by atoms with van der Waals surface area (Å²) in [4.78, 5) is 5.57. The predicted octanol–water partition coefficient (Wildman–Crippen LogP) is 3.49. The minimum atomic E-state index is -0.172. The van der Waals surface area contributed by atoms with Crippen LogP contribution < -0.4 is 5.32 Å². The van der Waals surface area contributed by atoms with Crippen LogP contribution >= 0.6 is 43.2 Å². The number of aromatic nitrogens is 1. The fraction of sp³-hybridized carbons (Fsp3) is 0.250. The van der Waals surface area contributed by atoms with Gasteiger partial charge in [0.05, 0.1) is 18.3 Å². The molecule has 0 aliphatic heterocycles. The SMILES string of the molecule is OCC(NCc1cccs1)c1ncc(Br)cc1Br. The summed E-state index contributed by atoms with van der Waals surface area (Å²) in [6.45, 7) is 0.742. The number of aliphatic hydroxyl groups excluding tert-OH is 1. The van der Waals surface area contributed by atoms with Gasteiger partial charge in [0.1, 0.15) is 0 Å². The minimum absolute atomic E-state index is 0.0125. The summed E-state index contributed by atoms with van der Waals surface area (Å²) in [6.07, 6.45) is 1.73. The Bertz CT molecular complexity index is 505. The summed E-state index contributed by atoms with van der Waals surface area (Å²) < 4.78 is 1.79. The summed E-state index contributed by atoms with van der Waals surface area (Å²) >= 11 is 8.52. The highest BCUT2D eigenvalue weighted by molar-refractivity contribution is 9.11. The average Bonchev–Trinajstić information content (AvgIpc) is 2.85. The number of aliphatic hydroxyl groups is 1. The highest BCUT2D eigenvalue weighted by Gasteiger charge is 2.15. The Morgan fingerprint density at radius 1 is 1.44 bits per heavy atom. The van der Waals surface area contributed by atoms with Crippen molar-refractivity contribution in [1.82, 2.24) is 10.3 Å². The third kappa shape index (κ3) is 3.61. The molecule has 18 heavy (non-hydrogen) atoms. The molecule has 3 nitrogen and oxygen atoms in total. The maximum Gasteiger partial charge on any atom is 0.0744 e. The van der Waals surface area contributed by atoms with E-state index in [9.17, 15) is 5.11 Å². The molecule has 1 unspecified atom stereocenters. The normalized spacial score (nSPS) is 12.6. The lowest BCUT2D eigenvalue weighted by molar-refractivity contribution is 0.241. The van der Waals surface area contributed by atoms with Gasteiger partial charge in [0.25, 0.3) is 0 Å². The molecular weight excluding hydrogens is 380 g/mol. The van der Waals surface area contributed by atoms with E-state index in [1.165, 1.54) is 4.88 Å². The molecule has 2 rings (SSSR count). The number of nitrogens with one attached hydrogen (secondary N) is 1. The summed E-state index contributed by atoms with van der Waals surface area (Å²) in [7, 11) is 0. The van der Waals surface area contributed by atoms with Crippen molar-refractivity contribution in [3.05, 3.63) is 49.3 Å². The Balaban J connectivity index is 2.08. The zero-order valence-electron chi connectivity index (χ0n) is 9.44. The predicted molar refractivity (Wildman–Crippen MR) is 80.6 cm³/mol. The first-order valence-electron chi connectivity index (χ1n) is 5.38. The molecule has 0 aliphatic rings. The first kappa shape index (κ1) is 14.1. The molecule has 0 aliphatic carbocycles. The van der Waals surface area contributed by atoms with Gasteiger partial charge in [-0.1, -0.05) is 6.07 Å². The van der Waals surface area contributed by atoms with E-state index in [-0.39, 0.29) is 12.6 Å². The van der Waals surface area contributed by atoms with E-state index in [2.05, 4.69) is 48.2 Å². The Kier molecular flexibility index (Phi) is 5.32. The van der Waals surface area contributed by atoms with Crippen molar-refractivity contribution in [2.45, 2.75) is 12.6 Å². The molecule has 2 aromatic heterocycles. The van der Waals surface area contributed by atoms with Gasteiger partial charge in [-0.2, -0.15) is 0 Å². The maximum atomic E-state index is 9.47. The van der Waals surface area contributed by atoms with Crippen molar-refractivity contribution in [3.8, 4) is 0 Å². The molecule has 2 aromatic rings. The van der Waals surface area contributed by atoms with E-state index in [1.54, 1.807) is 17.5 Å². The molecule has 0 radical (unpaired) electrons. The number of hydrogen-bond donors (Lipinski definition) is 2. The van der Waals surface area contributed by atoms with Gasteiger partial charge in [-0.25, -0.2) is 0 Å². The third-order valence-corrected chi connectivity index (χ3v) is 4.40. The Morgan fingerprint density at radius 3 is 2.89 bits per heavy atom. The summed E-state index contributed by atoms with van der Waals surface area (Å²) in [5, 5.41) is 14.8. The zero-order valence-corrected chi connectivity index (χ0v) is 13.4. The number of thiophene rings is 1. The molecule has 2 heterocycles. The molecule has 0 saturated heterocycles. The van der Waals surface area contributed by atoms with Crippen LogP contribution in [0.25, 0.3) is 0 Å². The molecule has 6 heteroatoms. The van der Waals surface area contributed by atoms with E-state index in [0.29, 0.717) is 0 Å². The summed E-state index contributed by atoms with van der Waals surface area (Å²) in [5.74, 6) is 0. The van der Waals surface area contributed by atoms with Crippen LogP contribution in [0.5, 0.6) is 0 Å². The lowest BCUT2D eigenvalue weighted by Crippen LogP contribution is -2.25. The van der Waals surface area contributed by atoms with Gasteiger partial charge in [0.2, 0.25) is 0 Å². The minimum Gasteiger partial charge on any atom is -0.394 e. The second-order valence-corrected chi connectivity index (χ2v) is 6.52. The van der Waals surface area contributed by atoms with Crippen molar-refractivity contribution in [3.63, 3.8) is 0 Å². The summed E-state index contributed by atoms with van der Waals surface area (Å²) in [5.41, 5.74) is 0.817. The molecular formula is C12H12Br2N2OS. The molecule has 2 N–H and O–H groups in total. The molecule has 0 bridgehead atoms. The van der Waals surface area contributed by atoms with Gasteiger partial charge < -0.3 is 10.4 Å². The fourth-order valence-electron chi connectivity index (χ4n) is 1.57. The molecule has 0 saturated carbocycles. The van der Waals surface area contributed by atoms with Crippen LogP contribution in [0.3, 0.4) is 0 Å². The van der Waals surface area contributed by atoms with Crippen LogP contribution in [-0.2, 0) is 6.54 Å². The van der Waals surface area contributed by atoms with Crippen LogP contribution in [0.15, 0.2) is 38.7 Å². The van der Waals surface area contributed by atoms with Crippen molar-refractivity contribution in [1.29, 1.82) is 0 Å². The monoisotopic (exact) mass is 390 g/mol. The molecule has 96 valence electrons. The van der Waals surface area contributed by atoms with Gasteiger partial charge in [0.15, 0.2) is 0 Å². The quantitative estimate of drug-likeness (QED) is 0.819. The highest BCUT2D eigenvalue weighted by Crippen LogP contribution is 2.24. The van der Waals surface area contributed by atoms with Gasteiger partial charge in [-0.3, -0.25) is 4.98 Å². The standard InChI is InChI=1S/C12H12Br2N2OS/c13-8-4-10(14)12(16-5-8)11(7-17)15-6-9-2-1-3-18-9/h1-5,11,15,17H,6-7H2. The summed E-state index contributed by atoms with van der Waals surface area (Å²) in [6, 6.07) is 5.84. The lowest BCUT2D eigenvalue weighted by atomic mass is 10.2. The van der Waals surface area contributed by atoms with Crippen LogP contribution in [0, 0.1) is 0 Å². The maximum absolute atomic E-state index is 9.47. The van der Waals surface area contributed by atoms with Crippen molar-refractivity contribution >= 4 is 43.2 Å². The molecule has 0 fully saturated rings. The lowest BCUT2D eigenvalue weighted by Gasteiger charge is -2.16. The van der Waals surface area contributed by atoms with Crippen LogP contribution in [-0.4, -0.2) is 16.7 Å². The molecule has 0 aromatic carbocycles. The van der Waals surface area contributed by atoms with Gasteiger partial charge in [0, 0.05) is 26.6 Å². The largest absolute Gasteiger partial charge is 0.394 e. The Hall–Kier alpha value is -0.270. The number of nitrogens with zero attached hydrogens (tertiary/aromatic N) is 1. The highest BCUT2D eigenvalue weighted by atomic mass is 79.9. The van der Waals surface area contributed by atoms with E-state index in [4.69, 9.17) is 0 Å². The van der Waals surface area contributed by atoms with Crippen LogP contribution in [0.4, 0.5) is 0 Å². The number of rotatable bonds is 5. The van der Waals surface area contributed by atoms with Crippen LogP contribution in [0.1, 0.15) is 16.6 Å². The van der Waals surface area contributed by atoms with E-state index >= 15 is 0 Å². The van der Waals surface area contributed by atoms with Gasteiger partial charge in [-0.05, 0) is 49.4 Å². The van der Waals surface area contributed by atoms with Crippen molar-refractivity contribution in [2.24, 2.45) is 0 Å². The molecule has 1 atom stereocenters. The number of hydrogen-bond acceptors (Lipinski definition) is 4. The average molecular weight is 392 g/mol. The topological polar surface area (TPSA) is 45.1 Å². The van der Waals surface area contributed by atoms with Gasteiger partial charge >= 0.3 is 0 Å². The van der Waals surface area contributed by atoms with Gasteiger partial charge in [-0.15, -0.1) is 11.3 Å². The second kappa shape index (κ2) is 6.77. The van der Waals surface area contributed by atoms with Crippen molar-refractivity contribution in [2.75, 3.05) is 6.61 Å². The first-order chi connectivity index (χ1) is 8.70. The van der Waals surface area contributed by atoms with E-state index < -0.39 is 0 Å². The first-order valence-corrected chi connectivity index (χ1v) is 7.85. The van der Waals surface area contributed by atoms with E-state index in [0.717, 1.165) is 21.2 Å².